The Bertz CT molecular complexity index is 1370. The molecule has 0 saturated carbocycles. The maximum Gasteiger partial charge on any atom is 0.411 e. The van der Waals surface area contributed by atoms with E-state index >= 15 is 0 Å². The molecule has 0 radical (unpaired) electrons. The van der Waals surface area contributed by atoms with Crippen LogP contribution in [0.25, 0.3) is 22.5 Å². The number of carboxylic acid groups (broad SMARTS) is 1. The van der Waals surface area contributed by atoms with E-state index in [0.29, 0.717) is 39.7 Å². The van der Waals surface area contributed by atoms with E-state index in [0.717, 1.165) is 16.7 Å². The zero-order chi connectivity index (χ0) is 24.8. The molecule has 2 aromatic heterocycles. The van der Waals surface area contributed by atoms with Crippen molar-refractivity contribution in [1.29, 1.82) is 0 Å². The van der Waals surface area contributed by atoms with Crippen LogP contribution in [0.5, 0.6) is 0 Å². The third kappa shape index (κ3) is 6.04. The molecule has 0 bridgehead atoms. The summed E-state index contributed by atoms with van der Waals surface area (Å²) in [6, 6.07) is 16.6. The first kappa shape index (κ1) is 24.0. The zero-order valence-electron chi connectivity index (χ0n) is 18.8. The predicted molar refractivity (Wildman–Crippen MR) is 131 cm³/mol. The van der Waals surface area contributed by atoms with Gasteiger partial charge in [-0.15, -0.1) is 0 Å². The molecule has 4 rings (SSSR count). The van der Waals surface area contributed by atoms with E-state index < -0.39 is 12.1 Å². The molecule has 0 aliphatic carbocycles. The molecular weight excluding hydrogens is 470 g/mol. The molecule has 178 valence electrons. The molecule has 0 unspecified atom stereocenters. The number of hydrogen-bond donors (Lipinski definition) is 2. The van der Waals surface area contributed by atoms with Crippen molar-refractivity contribution >= 4 is 29.4 Å². The maximum absolute atomic E-state index is 12.4. The van der Waals surface area contributed by atoms with Gasteiger partial charge in [0.15, 0.2) is 5.76 Å². The Morgan fingerprint density at radius 3 is 2.66 bits per heavy atom. The number of benzene rings is 2. The normalized spacial score (nSPS) is 10.7. The second-order valence-corrected chi connectivity index (χ2v) is 8.21. The number of halogens is 1. The fourth-order valence-electron chi connectivity index (χ4n) is 3.56. The standard InChI is InChI=1S/C26H22ClN3O5/c1-16-24(29-26(33)34-10-9-18-5-2-3-8-22(18)27)25(35-30-16)20-7-4-6-19(13-20)21-11-17(12-23(31)32)14-28-15-21/h2-8,11,13-15H,9-10,12H2,1H3,(H,29,33)(H,31,32). The lowest BCUT2D eigenvalue weighted by Crippen LogP contribution is -2.16. The number of carbonyl (C=O) groups excluding carboxylic acids is 1. The van der Waals surface area contributed by atoms with Crippen molar-refractivity contribution in [2.45, 2.75) is 19.8 Å². The fourth-order valence-corrected chi connectivity index (χ4v) is 3.79. The minimum atomic E-state index is -0.927. The van der Waals surface area contributed by atoms with Crippen LogP contribution in [-0.4, -0.2) is 33.9 Å². The summed E-state index contributed by atoms with van der Waals surface area (Å²) < 4.78 is 10.8. The molecule has 0 atom stereocenters. The SMILES string of the molecule is Cc1noc(-c2cccc(-c3cncc(CC(=O)O)c3)c2)c1NC(=O)OCCc1ccccc1Cl. The summed E-state index contributed by atoms with van der Waals surface area (Å²) in [6.45, 7) is 1.87. The summed E-state index contributed by atoms with van der Waals surface area (Å²) in [5.41, 5.74) is 4.64. The number of anilines is 1. The predicted octanol–water partition coefficient (Wildman–Crippen LogP) is 5.78. The van der Waals surface area contributed by atoms with Crippen LogP contribution in [-0.2, 0) is 22.4 Å². The summed E-state index contributed by atoms with van der Waals surface area (Å²) in [4.78, 5) is 27.6. The zero-order valence-corrected chi connectivity index (χ0v) is 19.6. The van der Waals surface area contributed by atoms with Crippen LogP contribution in [0, 0.1) is 6.92 Å². The number of carboxylic acids is 1. The van der Waals surface area contributed by atoms with E-state index in [1.807, 2.05) is 42.5 Å². The molecular formula is C26H22ClN3O5. The van der Waals surface area contributed by atoms with E-state index in [9.17, 15) is 9.59 Å². The smallest absolute Gasteiger partial charge is 0.411 e. The highest BCUT2D eigenvalue weighted by Crippen LogP contribution is 2.33. The number of nitrogens with zero attached hydrogens (tertiary/aromatic N) is 2. The average molecular weight is 492 g/mol. The number of hydrogen-bond acceptors (Lipinski definition) is 6. The Kier molecular flexibility index (Phi) is 7.42. The van der Waals surface area contributed by atoms with E-state index in [1.165, 1.54) is 6.20 Å². The average Bonchev–Trinajstić information content (AvgIpc) is 3.20. The maximum atomic E-state index is 12.4. The molecule has 0 fully saturated rings. The number of rotatable bonds is 8. The summed E-state index contributed by atoms with van der Waals surface area (Å²) in [7, 11) is 0. The van der Waals surface area contributed by atoms with Gasteiger partial charge in [0.25, 0.3) is 0 Å². The summed E-state index contributed by atoms with van der Waals surface area (Å²) in [5.74, 6) is -0.550. The number of amides is 1. The highest BCUT2D eigenvalue weighted by molar-refractivity contribution is 6.31. The van der Waals surface area contributed by atoms with Crippen molar-refractivity contribution < 1.29 is 24.0 Å². The number of nitrogens with one attached hydrogen (secondary N) is 1. The first-order chi connectivity index (χ1) is 16.9. The highest BCUT2D eigenvalue weighted by atomic mass is 35.5. The number of carbonyl (C=O) groups is 2. The van der Waals surface area contributed by atoms with Gasteiger partial charge in [-0.3, -0.25) is 15.1 Å². The Morgan fingerprint density at radius 1 is 1.06 bits per heavy atom. The van der Waals surface area contributed by atoms with Crippen molar-refractivity contribution in [3.8, 4) is 22.5 Å². The molecule has 0 spiro atoms. The number of aliphatic carboxylic acids is 1. The Labute approximate surface area is 206 Å². The lowest BCUT2D eigenvalue weighted by Gasteiger charge is -2.09. The second-order valence-electron chi connectivity index (χ2n) is 7.81. The largest absolute Gasteiger partial charge is 0.481 e. The Morgan fingerprint density at radius 2 is 1.86 bits per heavy atom. The quantitative estimate of drug-likeness (QED) is 0.321. The van der Waals surface area contributed by atoms with Crippen molar-refractivity contribution in [1.82, 2.24) is 10.1 Å². The molecule has 4 aromatic rings. The van der Waals surface area contributed by atoms with Gasteiger partial charge in [-0.25, -0.2) is 4.79 Å². The van der Waals surface area contributed by atoms with Crippen LogP contribution in [0.3, 0.4) is 0 Å². The van der Waals surface area contributed by atoms with Crippen LogP contribution < -0.4 is 5.32 Å². The molecule has 1 amide bonds. The Hall–Kier alpha value is -4.17. The van der Waals surface area contributed by atoms with Crippen molar-refractivity contribution in [3.63, 3.8) is 0 Å². The number of pyridine rings is 1. The van der Waals surface area contributed by atoms with E-state index in [1.54, 1.807) is 25.3 Å². The van der Waals surface area contributed by atoms with Gasteiger partial charge >= 0.3 is 12.1 Å². The molecule has 2 N–H and O–H groups in total. The third-order valence-electron chi connectivity index (χ3n) is 5.26. The lowest BCUT2D eigenvalue weighted by atomic mass is 10.0. The fraction of sp³-hybridized carbons (Fsp3) is 0.154. The molecule has 0 aliphatic rings. The number of ether oxygens (including phenoxy) is 1. The minimum Gasteiger partial charge on any atom is -0.481 e. The van der Waals surface area contributed by atoms with Crippen LogP contribution >= 0.6 is 11.6 Å². The highest BCUT2D eigenvalue weighted by Gasteiger charge is 2.19. The van der Waals surface area contributed by atoms with Gasteiger partial charge in [-0.05, 0) is 41.8 Å². The molecule has 8 nitrogen and oxygen atoms in total. The van der Waals surface area contributed by atoms with Gasteiger partial charge in [-0.1, -0.05) is 53.2 Å². The van der Waals surface area contributed by atoms with Crippen molar-refractivity contribution in [2.24, 2.45) is 0 Å². The van der Waals surface area contributed by atoms with E-state index in [-0.39, 0.29) is 13.0 Å². The van der Waals surface area contributed by atoms with Gasteiger partial charge in [0.1, 0.15) is 11.4 Å². The van der Waals surface area contributed by atoms with Crippen molar-refractivity contribution in [2.75, 3.05) is 11.9 Å². The van der Waals surface area contributed by atoms with Gasteiger partial charge < -0.3 is 14.4 Å². The van der Waals surface area contributed by atoms with Gasteiger partial charge in [0, 0.05) is 35.0 Å². The van der Waals surface area contributed by atoms with E-state index in [2.05, 4.69) is 15.5 Å². The number of aromatic nitrogens is 2. The summed E-state index contributed by atoms with van der Waals surface area (Å²) in [6.07, 6.45) is 2.92. The lowest BCUT2D eigenvalue weighted by molar-refractivity contribution is -0.136. The second kappa shape index (κ2) is 10.8. The first-order valence-corrected chi connectivity index (χ1v) is 11.2. The number of aryl methyl sites for hydroxylation is 1. The van der Waals surface area contributed by atoms with Crippen LogP contribution in [0.15, 0.2) is 71.5 Å². The van der Waals surface area contributed by atoms with Crippen molar-refractivity contribution in [3.05, 3.63) is 88.8 Å². The molecule has 0 saturated heterocycles. The summed E-state index contributed by atoms with van der Waals surface area (Å²) >= 11 is 6.15. The van der Waals surface area contributed by atoms with Gasteiger partial charge in [0.05, 0.1) is 13.0 Å². The minimum absolute atomic E-state index is 0.117. The third-order valence-corrected chi connectivity index (χ3v) is 5.63. The topological polar surface area (TPSA) is 115 Å². The van der Waals surface area contributed by atoms with Gasteiger partial charge in [0.2, 0.25) is 0 Å². The van der Waals surface area contributed by atoms with Crippen LogP contribution in [0.1, 0.15) is 16.8 Å². The molecule has 0 aliphatic heterocycles. The summed E-state index contributed by atoms with van der Waals surface area (Å²) in [5, 5.41) is 16.4. The van der Waals surface area contributed by atoms with Crippen LogP contribution in [0.4, 0.5) is 10.5 Å². The Balaban J connectivity index is 1.49. The monoisotopic (exact) mass is 491 g/mol. The van der Waals surface area contributed by atoms with Crippen LogP contribution in [0.2, 0.25) is 5.02 Å². The molecule has 2 aromatic carbocycles. The molecule has 9 heteroatoms. The van der Waals surface area contributed by atoms with Gasteiger partial charge in [-0.2, -0.15) is 0 Å². The first-order valence-electron chi connectivity index (χ1n) is 10.8. The molecule has 35 heavy (non-hydrogen) atoms. The van der Waals surface area contributed by atoms with E-state index in [4.69, 9.17) is 26.0 Å². The molecule has 2 heterocycles.